The maximum atomic E-state index is 13.1. The Balaban J connectivity index is 1.54. The van der Waals surface area contributed by atoms with Crippen molar-refractivity contribution in [1.82, 2.24) is 15.0 Å². The van der Waals surface area contributed by atoms with Crippen molar-refractivity contribution in [3.8, 4) is 17.0 Å². The summed E-state index contributed by atoms with van der Waals surface area (Å²) in [5, 5.41) is 2.67. The summed E-state index contributed by atoms with van der Waals surface area (Å²) in [4.78, 5) is 42.3. The minimum absolute atomic E-state index is 0.0340. The van der Waals surface area contributed by atoms with E-state index in [0.717, 1.165) is 22.4 Å². The first-order valence-corrected chi connectivity index (χ1v) is 11.4. The summed E-state index contributed by atoms with van der Waals surface area (Å²) in [5.41, 5.74) is 3.17. The largest absolute Gasteiger partial charge is 0.497 e. The zero-order chi connectivity index (χ0) is 24.4. The third-order valence-electron chi connectivity index (χ3n) is 5.99. The van der Waals surface area contributed by atoms with Crippen LogP contribution in [0.2, 0.25) is 0 Å². The van der Waals surface area contributed by atoms with Gasteiger partial charge in [-0.25, -0.2) is 9.97 Å². The van der Waals surface area contributed by atoms with Gasteiger partial charge in [-0.3, -0.25) is 14.5 Å². The molecule has 3 aromatic rings. The number of benzene rings is 1. The van der Waals surface area contributed by atoms with Gasteiger partial charge in [0.25, 0.3) is 0 Å². The molecule has 2 aliphatic heterocycles. The molecule has 0 unspecified atom stereocenters. The number of rotatable bonds is 6. The average Bonchev–Trinajstić information content (AvgIpc) is 3.19. The number of morpholine rings is 1. The van der Waals surface area contributed by atoms with Crippen molar-refractivity contribution in [2.45, 2.75) is 19.9 Å². The van der Waals surface area contributed by atoms with Gasteiger partial charge >= 0.3 is 0 Å². The molecule has 1 aromatic carbocycles. The van der Waals surface area contributed by atoms with E-state index in [0.29, 0.717) is 56.1 Å². The van der Waals surface area contributed by atoms with Gasteiger partial charge in [-0.1, -0.05) is 12.1 Å². The van der Waals surface area contributed by atoms with E-state index in [1.54, 1.807) is 24.3 Å². The van der Waals surface area contributed by atoms with Crippen LogP contribution in [0.25, 0.3) is 11.3 Å². The lowest BCUT2D eigenvalue weighted by atomic mass is 10.1. The second-order valence-electron chi connectivity index (χ2n) is 8.39. The number of aromatic nitrogens is 3. The molecule has 2 amide bonds. The van der Waals surface area contributed by atoms with E-state index < -0.39 is 0 Å². The standard InChI is InChI=1S/C25H26N6O4/c1-16(32)27-21-8-5-18(14-26-21)23-20-13-22(33)31(15-17-3-6-19(34-2)7-4-17)24(20)29-25(28-23)30-9-11-35-12-10-30/h3-8,14H,9-13,15H2,1-2H3,(H,26,27,32). The number of carbonyl (C=O) groups excluding carboxylic acids is 2. The van der Waals surface area contributed by atoms with Crippen molar-refractivity contribution in [3.63, 3.8) is 0 Å². The summed E-state index contributed by atoms with van der Waals surface area (Å²) in [6.07, 6.45) is 1.87. The first-order valence-electron chi connectivity index (χ1n) is 11.4. The smallest absolute Gasteiger partial charge is 0.233 e. The average molecular weight is 475 g/mol. The highest BCUT2D eigenvalue weighted by Crippen LogP contribution is 2.37. The van der Waals surface area contributed by atoms with Gasteiger partial charge in [0.15, 0.2) is 0 Å². The van der Waals surface area contributed by atoms with E-state index in [4.69, 9.17) is 19.4 Å². The molecular weight excluding hydrogens is 448 g/mol. The predicted molar refractivity (Wildman–Crippen MR) is 130 cm³/mol. The maximum Gasteiger partial charge on any atom is 0.233 e. The van der Waals surface area contributed by atoms with Crippen LogP contribution in [-0.2, 0) is 27.3 Å². The van der Waals surface area contributed by atoms with E-state index in [1.165, 1.54) is 6.92 Å². The third-order valence-corrected chi connectivity index (χ3v) is 5.99. The summed E-state index contributed by atoms with van der Waals surface area (Å²) >= 11 is 0. The molecule has 10 nitrogen and oxygen atoms in total. The molecule has 2 aromatic heterocycles. The Kier molecular flexibility index (Phi) is 6.28. The Bertz CT molecular complexity index is 1240. The summed E-state index contributed by atoms with van der Waals surface area (Å²) in [5.74, 6) is 2.16. The fourth-order valence-electron chi connectivity index (χ4n) is 4.22. The van der Waals surface area contributed by atoms with E-state index >= 15 is 0 Å². The van der Waals surface area contributed by atoms with Crippen molar-refractivity contribution in [2.75, 3.05) is 48.5 Å². The van der Waals surface area contributed by atoms with Crippen LogP contribution in [0.3, 0.4) is 0 Å². The summed E-state index contributed by atoms with van der Waals surface area (Å²) < 4.78 is 10.7. The maximum absolute atomic E-state index is 13.1. The third kappa shape index (κ3) is 4.78. The molecule has 4 heterocycles. The van der Waals surface area contributed by atoms with E-state index in [-0.39, 0.29) is 18.2 Å². The molecule has 1 fully saturated rings. The van der Waals surface area contributed by atoms with Crippen molar-refractivity contribution < 1.29 is 19.1 Å². The number of pyridine rings is 1. The second-order valence-corrected chi connectivity index (χ2v) is 8.39. The van der Waals surface area contributed by atoms with Gasteiger partial charge in [0.2, 0.25) is 17.8 Å². The Morgan fingerprint density at radius 2 is 1.89 bits per heavy atom. The molecule has 1 N–H and O–H groups in total. The normalized spacial score (nSPS) is 15.2. The molecule has 0 atom stereocenters. The summed E-state index contributed by atoms with van der Waals surface area (Å²) in [6.45, 7) is 4.36. The Hall–Kier alpha value is -4.05. The van der Waals surface area contributed by atoms with Crippen LogP contribution in [0.5, 0.6) is 5.75 Å². The molecule has 5 rings (SSSR count). The van der Waals surface area contributed by atoms with E-state index in [2.05, 4.69) is 15.2 Å². The topological polar surface area (TPSA) is 110 Å². The molecule has 180 valence electrons. The predicted octanol–water partition coefficient (Wildman–Crippen LogP) is 2.43. The number of nitrogens with one attached hydrogen (secondary N) is 1. The van der Waals surface area contributed by atoms with Crippen molar-refractivity contribution >= 4 is 29.4 Å². The molecule has 0 aliphatic carbocycles. The van der Waals surface area contributed by atoms with Gasteiger partial charge in [0.05, 0.1) is 39.0 Å². The zero-order valence-electron chi connectivity index (χ0n) is 19.7. The monoisotopic (exact) mass is 474 g/mol. The number of nitrogens with zero attached hydrogens (tertiary/aromatic N) is 5. The number of anilines is 3. The minimum Gasteiger partial charge on any atom is -0.497 e. The lowest BCUT2D eigenvalue weighted by molar-refractivity contribution is -0.117. The van der Waals surface area contributed by atoms with Crippen molar-refractivity contribution in [3.05, 3.63) is 53.7 Å². The minimum atomic E-state index is -0.192. The lowest BCUT2D eigenvalue weighted by Crippen LogP contribution is -2.37. The molecule has 0 radical (unpaired) electrons. The molecule has 10 heteroatoms. The van der Waals surface area contributed by atoms with Crippen LogP contribution in [0.15, 0.2) is 42.6 Å². The van der Waals surface area contributed by atoms with Gasteiger partial charge in [-0.05, 0) is 29.8 Å². The van der Waals surface area contributed by atoms with Crippen molar-refractivity contribution in [2.24, 2.45) is 0 Å². The van der Waals surface area contributed by atoms with Gasteiger partial charge in [-0.15, -0.1) is 0 Å². The van der Waals surface area contributed by atoms with Gasteiger partial charge in [0.1, 0.15) is 17.4 Å². The summed E-state index contributed by atoms with van der Waals surface area (Å²) in [7, 11) is 1.62. The zero-order valence-corrected chi connectivity index (χ0v) is 19.7. The van der Waals surface area contributed by atoms with Crippen LogP contribution in [0.1, 0.15) is 18.1 Å². The quantitative estimate of drug-likeness (QED) is 0.580. The number of fused-ring (bicyclic) bond motifs is 1. The Morgan fingerprint density at radius 3 is 2.54 bits per heavy atom. The highest BCUT2D eigenvalue weighted by atomic mass is 16.5. The van der Waals surface area contributed by atoms with Crippen LogP contribution in [-0.4, -0.2) is 60.2 Å². The number of methoxy groups -OCH3 is 1. The van der Waals surface area contributed by atoms with Crippen LogP contribution in [0.4, 0.5) is 17.6 Å². The van der Waals surface area contributed by atoms with E-state index in [9.17, 15) is 9.59 Å². The number of ether oxygens (including phenoxy) is 2. The molecule has 0 bridgehead atoms. The number of hydrogen-bond acceptors (Lipinski definition) is 8. The Morgan fingerprint density at radius 1 is 1.11 bits per heavy atom. The van der Waals surface area contributed by atoms with Crippen LogP contribution in [0, 0.1) is 0 Å². The molecule has 1 saturated heterocycles. The van der Waals surface area contributed by atoms with Crippen molar-refractivity contribution in [1.29, 1.82) is 0 Å². The lowest BCUT2D eigenvalue weighted by Gasteiger charge is -2.28. The van der Waals surface area contributed by atoms with Gasteiger partial charge in [-0.2, -0.15) is 4.98 Å². The fraction of sp³-hybridized carbons (Fsp3) is 0.320. The molecule has 0 saturated carbocycles. The number of carbonyl (C=O) groups is 2. The SMILES string of the molecule is COc1ccc(CN2C(=O)Cc3c(-c4ccc(NC(C)=O)nc4)nc(N4CCOCC4)nc32)cc1. The summed E-state index contributed by atoms with van der Waals surface area (Å²) in [6, 6.07) is 11.2. The Labute approximate surface area is 202 Å². The highest BCUT2D eigenvalue weighted by Gasteiger charge is 2.34. The van der Waals surface area contributed by atoms with Crippen LogP contribution < -0.4 is 19.9 Å². The molecule has 2 aliphatic rings. The van der Waals surface area contributed by atoms with Gasteiger partial charge < -0.3 is 19.7 Å². The highest BCUT2D eigenvalue weighted by molar-refractivity contribution is 6.02. The second kappa shape index (κ2) is 9.67. The first-order chi connectivity index (χ1) is 17.0. The number of amides is 2. The van der Waals surface area contributed by atoms with Gasteiger partial charge in [0, 0.05) is 37.3 Å². The number of hydrogen-bond donors (Lipinski definition) is 1. The fourth-order valence-corrected chi connectivity index (χ4v) is 4.22. The van der Waals surface area contributed by atoms with Crippen LogP contribution >= 0.6 is 0 Å². The first kappa shape index (κ1) is 22.7. The molecule has 35 heavy (non-hydrogen) atoms. The molecule has 0 spiro atoms. The van der Waals surface area contributed by atoms with E-state index in [1.807, 2.05) is 30.3 Å². The molecular formula is C25H26N6O4.